The second-order valence-electron chi connectivity index (χ2n) is 4.27. The number of carbonyl (C=O) groups excluding carboxylic acids is 1. The molecule has 88 valence electrons. The maximum atomic E-state index is 11.8. The number of hydrogen-bond donors (Lipinski definition) is 0. The van der Waals surface area contributed by atoms with Crippen LogP contribution in [-0.4, -0.2) is 36.8 Å². The van der Waals surface area contributed by atoms with E-state index in [1.54, 1.807) is 6.92 Å². The number of nitrogens with zero attached hydrogens (tertiary/aromatic N) is 1. The monoisotopic (exact) mass is 253 g/mol. The van der Waals surface area contributed by atoms with E-state index in [1.807, 2.05) is 6.92 Å². The third-order valence-corrected chi connectivity index (χ3v) is 4.91. The van der Waals surface area contributed by atoms with Crippen LogP contribution in [0.3, 0.4) is 0 Å². The first-order valence-corrected chi connectivity index (χ1v) is 7.10. The van der Waals surface area contributed by atoms with Crippen molar-refractivity contribution >= 4 is 27.5 Å². The first kappa shape index (κ1) is 12.8. The Labute approximate surface area is 95.6 Å². The van der Waals surface area contributed by atoms with E-state index in [1.165, 1.54) is 0 Å². The first-order chi connectivity index (χ1) is 6.86. The molecule has 0 radical (unpaired) electrons. The summed E-state index contributed by atoms with van der Waals surface area (Å²) in [7, 11) is -3.45. The van der Waals surface area contributed by atoms with Crippen molar-refractivity contribution in [3.05, 3.63) is 0 Å². The van der Waals surface area contributed by atoms with Gasteiger partial charge in [-0.3, -0.25) is 4.79 Å². The fraction of sp³-hybridized carbons (Fsp3) is 0.889. The number of amides is 1. The molecule has 0 aromatic rings. The summed E-state index contributed by atoms with van der Waals surface area (Å²) in [6.07, 6.45) is 0.328. The SMILES string of the molecule is CC1CC(=O)N(S(=O)(=O)CC(C)CCl)C1. The number of alkyl halides is 1. The molecule has 2 atom stereocenters. The number of hydrogen-bond acceptors (Lipinski definition) is 3. The van der Waals surface area contributed by atoms with Gasteiger partial charge in [-0.05, 0) is 11.8 Å². The molecule has 1 fully saturated rings. The molecule has 0 spiro atoms. The molecule has 1 heterocycles. The average molecular weight is 254 g/mol. The normalized spacial score (nSPS) is 24.6. The Morgan fingerprint density at radius 3 is 2.60 bits per heavy atom. The average Bonchev–Trinajstić information content (AvgIpc) is 2.45. The Morgan fingerprint density at radius 1 is 1.60 bits per heavy atom. The van der Waals surface area contributed by atoms with Crippen LogP contribution in [0.5, 0.6) is 0 Å². The summed E-state index contributed by atoms with van der Waals surface area (Å²) in [5.41, 5.74) is 0. The van der Waals surface area contributed by atoms with Gasteiger partial charge in [0.15, 0.2) is 0 Å². The van der Waals surface area contributed by atoms with Crippen LogP contribution in [0.2, 0.25) is 0 Å². The molecule has 1 aliphatic rings. The molecule has 1 saturated heterocycles. The van der Waals surface area contributed by atoms with Gasteiger partial charge < -0.3 is 0 Å². The molecule has 1 aliphatic heterocycles. The summed E-state index contributed by atoms with van der Waals surface area (Å²) in [6, 6.07) is 0. The van der Waals surface area contributed by atoms with E-state index in [0.29, 0.717) is 13.0 Å². The lowest BCUT2D eigenvalue weighted by Crippen LogP contribution is -2.36. The van der Waals surface area contributed by atoms with Gasteiger partial charge >= 0.3 is 0 Å². The lowest BCUT2D eigenvalue weighted by molar-refractivity contribution is -0.123. The highest BCUT2D eigenvalue weighted by Gasteiger charge is 2.35. The Morgan fingerprint density at radius 2 is 2.20 bits per heavy atom. The molecule has 2 unspecified atom stereocenters. The summed E-state index contributed by atoms with van der Waals surface area (Å²) in [5, 5.41) is 0. The summed E-state index contributed by atoms with van der Waals surface area (Å²) in [5.74, 6) is -0.0468. The van der Waals surface area contributed by atoms with Crippen LogP contribution in [0.4, 0.5) is 0 Å². The molecule has 0 aliphatic carbocycles. The molecule has 6 heteroatoms. The van der Waals surface area contributed by atoms with Gasteiger partial charge in [-0.25, -0.2) is 12.7 Å². The minimum absolute atomic E-state index is 0.0467. The van der Waals surface area contributed by atoms with Crippen LogP contribution in [-0.2, 0) is 14.8 Å². The van der Waals surface area contributed by atoms with Crippen LogP contribution in [0.1, 0.15) is 20.3 Å². The first-order valence-electron chi connectivity index (χ1n) is 4.96. The fourth-order valence-electron chi connectivity index (χ4n) is 1.61. The van der Waals surface area contributed by atoms with Crippen molar-refractivity contribution < 1.29 is 13.2 Å². The maximum absolute atomic E-state index is 11.8. The number of carbonyl (C=O) groups is 1. The van der Waals surface area contributed by atoms with Crippen LogP contribution in [0.25, 0.3) is 0 Å². The van der Waals surface area contributed by atoms with E-state index < -0.39 is 10.0 Å². The fourth-order valence-corrected chi connectivity index (χ4v) is 3.73. The predicted octanol–water partition coefficient (Wildman–Crippen LogP) is 1.06. The highest BCUT2D eigenvalue weighted by molar-refractivity contribution is 7.89. The van der Waals surface area contributed by atoms with E-state index >= 15 is 0 Å². The lowest BCUT2D eigenvalue weighted by atomic mass is 10.2. The van der Waals surface area contributed by atoms with Gasteiger partial charge in [-0.1, -0.05) is 13.8 Å². The second kappa shape index (κ2) is 4.70. The minimum atomic E-state index is -3.45. The molecular formula is C9H16ClNO3S. The number of sulfonamides is 1. The van der Waals surface area contributed by atoms with E-state index in [4.69, 9.17) is 11.6 Å². The quantitative estimate of drug-likeness (QED) is 0.704. The van der Waals surface area contributed by atoms with Gasteiger partial charge in [-0.15, -0.1) is 11.6 Å². The molecular weight excluding hydrogens is 238 g/mol. The number of halogens is 1. The van der Waals surface area contributed by atoms with Gasteiger partial charge in [0, 0.05) is 18.8 Å². The van der Waals surface area contributed by atoms with Gasteiger partial charge in [0.2, 0.25) is 15.9 Å². The molecule has 0 N–H and O–H groups in total. The Kier molecular flexibility index (Phi) is 4.00. The van der Waals surface area contributed by atoms with Crippen molar-refractivity contribution in [2.45, 2.75) is 20.3 Å². The highest BCUT2D eigenvalue weighted by atomic mass is 35.5. The minimum Gasteiger partial charge on any atom is -0.274 e. The van der Waals surface area contributed by atoms with Crippen LogP contribution < -0.4 is 0 Å². The molecule has 1 amide bonds. The molecule has 0 bridgehead atoms. The van der Waals surface area contributed by atoms with Crippen molar-refractivity contribution in [2.24, 2.45) is 11.8 Å². The van der Waals surface area contributed by atoms with E-state index in [-0.39, 0.29) is 29.4 Å². The molecule has 0 aromatic carbocycles. The Balaban J connectivity index is 2.74. The third-order valence-electron chi connectivity index (χ3n) is 2.37. The van der Waals surface area contributed by atoms with Crippen LogP contribution in [0, 0.1) is 11.8 Å². The van der Waals surface area contributed by atoms with Crippen molar-refractivity contribution in [2.75, 3.05) is 18.2 Å². The van der Waals surface area contributed by atoms with Crippen LogP contribution in [0.15, 0.2) is 0 Å². The smallest absolute Gasteiger partial charge is 0.237 e. The highest BCUT2D eigenvalue weighted by Crippen LogP contribution is 2.21. The Hall–Kier alpha value is -0.290. The number of rotatable bonds is 4. The predicted molar refractivity (Wildman–Crippen MR) is 59.2 cm³/mol. The van der Waals surface area contributed by atoms with E-state index in [0.717, 1.165) is 4.31 Å². The molecule has 0 aromatic heterocycles. The van der Waals surface area contributed by atoms with Crippen LogP contribution >= 0.6 is 11.6 Å². The largest absolute Gasteiger partial charge is 0.274 e. The second-order valence-corrected chi connectivity index (χ2v) is 6.52. The van der Waals surface area contributed by atoms with Crippen molar-refractivity contribution in [1.82, 2.24) is 4.31 Å². The third kappa shape index (κ3) is 3.08. The summed E-state index contributed by atoms with van der Waals surface area (Å²) in [4.78, 5) is 11.4. The van der Waals surface area contributed by atoms with Crippen molar-refractivity contribution in [3.8, 4) is 0 Å². The summed E-state index contributed by atoms with van der Waals surface area (Å²) < 4.78 is 24.6. The summed E-state index contributed by atoms with van der Waals surface area (Å²) in [6.45, 7) is 3.95. The van der Waals surface area contributed by atoms with Gasteiger partial charge in [0.1, 0.15) is 0 Å². The molecule has 15 heavy (non-hydrogen) atoms. The zero-order valence-electron chi connectivity index (χ0n) is 8.94. The van der Waals surface area contributed by atoms with Gasteiger partial charge in [0.05, 0.1) is 5.75 Å². The topological polar surface area (TPSA) is 54.5 Å². The van der Waals surface area contributed by atoms with Crippen molar-refractivity contribution in [3.63, 3.8) is 0 Å². The van der Waals surface area contributed by atoms with E-state index in [9.17, 15) is 13.2 Å². The molecule has 4 nitrogen and oxygen atoms in total. The van der Waals surface area contributed by atoms with Gasteiger partial charge in [0.25, 0.3) is 0 Å². The summed E-state index contributed by atoms with van der Waals surface area (Å²) >= 11 is 5.56. The Bertz CT molecular complexity index is 341. The van der Waals surface area contributed by atoms with Crippen molar-refractivity contribution in [1.29, 1.82) is 0 Å². The lowest BCUT2D eigenvalue weighted by Gasteiger charge is -2.18. The molecule has 1 rings (SSSR count). The van der Waals surface area contributed by atoms with E-state index in [2.05, 4.69) is 0 Å². The zero-order chi connectivity index (χ0) is 11.6. The zero-order valence-corrected chi connectivity index (χ0v) is 10.5. The molecule has 0 saturated carbocycles. The standard InChI is InChI=1S/C9H16ClNO3S/c1-7-3-9(12)11(5-7)15(13,14)6-8(2)4-10/h7-8H,3-6H2,1-2H3. The maximum Gasteiger partial charge on any atom is 0.237 e. The van der Waals surface area contributed by atoms with Gasteiger partial charge in [-0.2, -0.15) is 0 Å².